The SMILES string of the molecule is C.Oc1ccc(-c2cc(OC3CCC34CCC4)c3cncn3c2)cc1.Oc1ccc(-c2cc(OC3CCC34CNC4)c3cncn3c2)cc1. The summed E-state index contributed by atoms with van der Waals surface area (Å²) in [6.45, 7) is 2.12. The van der Waals surface area contributed by atoms with Crippen molar-refractivity contribution >= 4 is 11.0 Å². The second kappa shape index (κ2) is 12.1. The molecule has 4 aliphatic rings. The molecule has 4 fully saturated rings. The van der Waals surface area contributed by atoms with Crippen molar-refractivity contribution in [3.63, 3.8) is 0 Å². The summed E-state index contributed by atoms with van der Waals surface area (Å²) < 4.78 is 16.9. The lowest BCUT2D eigenvalue weighted by Gasteiger charge is -2.55. The molecule has 0 amide bonds. The van der Waals surface area contributed by atoms with E-state index in [0.29, 0.717) is 16.9 Å². The van der Waals surface area contributed by atoms with Crippen LogP contribution < -0.4 is 14.8 Å². The largest absolute Gasteiger partial charge is 0.508 e. The van der Waals surface area contributed by atoms with Crippen LogP contribution in [0.2, 0.25) is 0 Å². The van der Waals surface area contributed by atoms with Crippen LogP contribution in [0.5, 0.6) is 23.0 Å². The van der Waals surface area contributed by atoms with E-state index in [2.05, 4.69) is 33.6 Å². The van der Waals surface area contributed by atoms with E-state index in [1.807, 2.05) is 58.0 Å². The Hall–Kier alpha value is -5.02. The van der Waals surface area contributed by atoms with Gasteiger partial charge >= 0.3 is 0 Å². The average molecular weight is 658 g/mol. The molecule has 4 aromatic heterocycles. The first-order valence-electron chi connectivity index (χ1n) is 17.0. The zero-order valence-corrected chi connectivity index (χ0v) is 26.8. The van der Waals surface area contributed by atoms with Crippen molar-refractivity contribution in [3.05, 3.63) is 98.1 Å². The third-order valence-corrected chi connectivity index (χ3v) is 11.4. The van der Waals surface area contributed by atoms with Gasteiger partial charge < -0.3 is 33.8 Å². The highest BCUT2D eigenvalue weighted by Crippen LogP contribution is 2.57. The summed E-state index contributed by atoms with van der Waals surface area (Å²) >= 11 is 0. The highest BCUT2D eigenvalue weighted by molar-refractivity contribution is 5.72. The molecule has 2 atom stereocenters. The van der Waals surface area contributed by atoms with Crippen LogP contribution in [0.15, 0.2) is 98.1 Å². The van der Waals surface area contributed by atoms with Gasteiger partial charge in [-0.3, -0.25) is 0 Å². The van der Waals surface area contributed by atoms with Crippen molar-refractivity contribution in [2.75, 3.05) is 13.1 Å². The van der Waals surface area contributed by atoms with E-state index in [-0.39, 0.29) is 25.0 Å². The standard InChI is InChI=1S/C20H20N2O2.C19H19N3O2.CH4/c23-16-4-2-14(3-5-16)15-10-18(17-11-21-13-22(17)12-15)24-19-6-9-20(19)7-1-8-20;23-15-3-1-13(2-4-15)14-7-17(16-8-20-12-22(16)9-14)24-18-5-6-19(18)10-21-11-19;/h2-5,10-13,19,23H,1,6-9H2;1-4,7-9,12,18,21,23H,5-6,10-11H2;1H4. The zero-order valence-electron chi connectivity index (χ0n) is 26.8. The number of ether oxygens (including phenoxy) is 2. The first-order chi connectivity index (χ1) is 23.5. The molecule has 0 radical (unpaired) electrons. The Kier molecular flexibility index (Phi) is 7.75. The molecule has 1 saturated heterocycles. The Morgan fingerprint density at radius 1 is 0.633 bits per heavy atom. The number of hydrogen-bond acceptors (Lipinski definition) is 7. The molecule has 2 unspecified atom stereocenters. The Morgan fingerprint density at radius 2 is 1.10 bits per heavy atom. The number of aromatic nitrogens is 4. The minimum absolute atomic E-state index is 0. The number of nitrogens with one attached hydrogen (secondary N) is 1. The summed E-state index contributed by atoms with van der Waals surface area (Å²) in [5.74, 6) is 2.34. The Bertz CT molecular complexity index is 1930. The van der Waals surface area contributed by atoms with Crippen molar-refractivity contribution in [2.24, 2.45) is 10.8 Å². The summed E-state index contributed by atoms with van der Waals surface area (Å²) in [5, 5.41) is 22.4. The van der Waals surface area contributed by atoms with E-state index in [1.54, 1.807) is 30.6 Å². The molecule has 3 N–H and O–H groups in total. The molecule has 49 heavy (non-hydrogen) atoms. The van der Waals surface area contributed by atoms with E-state index < -0.39 is 0 Å². The summed E-state index contributed by atoms with van der Waals surface area (Å²) in [6.07, 6.45) is 20.8. The van der Waals surface area contributed by atoms with Gasteiger partial charge in [0.2, 0.25) is 0 Å². The zero-order chi connectivity index (χ0) is 32.3. The number of pyridine rings is 2. The van der Waals surface area contributed by atoms with Gasteiger partial charge in [-0.25, -0.2) is 9.97 Å². The van der Waals surface area contributed by atoms with Gasteiger partial charge in [-0.15, -0.1) is 0 Å². The second-order valence-corrected chi connectivity index (χ2v) is 14.1. The highest BCUT2D eigenvalue weighted by atomic mass is 16.5. The summed E-state index contributed by atoms with van der Waals surface area (Å²) in [4.78, 5) is 8.54. The first kappa shape index (κ1) is 31.3. The van der Waals surface area contributed by atoms with E-state index in [4.69, 9.17) is 9.47 Å². The Morgan fingerprint density at radius 3 is 1.47 bits per heavy atom. The van der Waals surface area contributed by atoms with Crippen LogP contribution in [0, 0.1) is 10.8 Å². The number of aromatic hydroxyl groups is 2. The molecule has 2 aromatic carbocycles. The number of phenols is 2. The molecule has 252 valence electrons. The van der Waals surface area contributed by atoms with Crippen LogP contribution in [0.1, 0.15) is 52.4 Å². The fraction of sp³-hybridized carbons (Fsp3) is 0.350. The van der Waals surface area contributed by atoms with Crippen LogP contribution in [0.25, 0.3) is 33.3 Å². The number of hydrogen-bond donors (Lipinski definition) is 3. The molecule has 1 aliphatic heterocycles. The Balaban J connectivity index is 0.000000139. The van der Waals surface area contributed by atoms with Crippen molar-refractivity contribution in [3.8, 4) is 45.3 Å². The van der Waals surface area contributed by atoms with Crippen molar-refractivity contribution < 1.29 is 19.7 Å². The number of phenolic OH excluding ortho intramolecular Hbond substituents is 2. The number of fused-ring (bicyclic) bond motifs is 2. The fourth-order valence-corrected chi connectivity index (χ4v) is 7.88. The predicted molar refractivity (Wildman–Crippen MR) is 190 cm³/mol. The summed E-state index contributed by atoms with van der Waals surface area (Å²) in [6, 6.07) is 18.7. The minimum Gasteiger partial charge on any atom is -0.508 e. The van der Waals surface area contributed by atoms with Gasteiger partial charge in [0.05, 0.1) is 25.0 Å². The van der Waals surface area contributed by atoms with Gasteiger partial charge in [-0.1, -0.05) is 38.1 Å². The van der Waals surface area contributed by atoms with Gasteiger partial charge in [0.15, 0.2) is 0 Å². The third kappa shape index (κ3) is 5.46. The average Bonchev–Trinajstić information content (AvgIpc) is 3.71. The maximum Gasteiger partial charge on any atom is 0.146 e. The number of imidazole rings is 2. The first-order valence-corrected chi connectivity index (χ1v) is 17.0. The van der Waals surface area contributed by atoms with Gasteiger partial charge in [-0.2, -0.15) is 0 Å². The second-order valence-electron chi connectivity index (χ2n) is 14.1. The quantitative estimate of drug-likeness (QED) is 0.167. The topological polar surface area (TPSA) is 106 Å². The lowest BCUT2D eigenvalue weighted by atomic mass is 9.54. The molecule has 10 rings (SSSR count). The molecule has 3 aliphatic carbocycles. The van der Waals surface area contributed by atoms with Gasteiger partial charge in [0, 0.05) is 47.4 Å². The van der Waals surface area contributed by atoms with Gasteiger partial charge in [0.25, 0.3) is 0 Å². The molecule has 9 heteroatoms. The van der Waals surface area contributed by atoms with Crippen LogP contribution >= 0.6 is 0 Å². The molecule has 6 aromatic rings. The predicted octanol–water partition coefficient (Wildman–Crippen LogP) is 7.89. The summed E-state index contributed by atoms with van der Waals surface area (Å²) in [7, 11) is 0. The van der Waals surface area contributed by atoms with Crippen LogP contribution in [0.4, 0.5) is 0 Å². The smallest absolute Gasteiger partial charge is 0.146 e. The van der Waals surface area contributed by atoms with Crippen molar-refractivity contribution in [1.82, 2.24) is 24.1 Å². The molecule has 2 spiro atoms. The van der Waals surface area contributed by atoms with Gasteiger partial charge in [-0.05, 0) is 86.1 Å². The number of nitrogens with zero attached hydrogens (tertiary/aromatic N) is 4. The number of benzene rings is 2. The van der Waals surface area contributed by atoms with Crippen molar-refractivity contribution in [1.29, 1.82) is 0 Å². The molecule has 0 bridgehead atoms. The maximum atomic E-state index is 9.51. The molecular weight excluding hydrogens is 614 g/mol. The summed E-state index contributed by atoms with van der Waals surface area (Å²) in [5.41, 5.74) is 7.01. The lowest BCUT2D eigenvalue weighted by molar-refractivity contribution is -0.0994. The third-order valence-electron chi connectivity index (χ3n) is 11.4. The van der Waals surface area contributed by atoms with Crippen molar-refractivity contribution in [2.45, 2.75) is 64.6 Å². The number of rotatable bonds is 6. The van der Waals surface area contributed by atoms with E-state index in [9.17, 15) is 10.2 Å². The maximum absolute atomic E-state index is 9.51. The van der Waals surface area contributed by atoms with Crippen LogP contribution in [0.3, 0.4) is 0 Å². The van der Waals surface area contributed by atoms with Gasteiger partial charge in [0.1, 0.15) is 46.2 Å². The van der Waals surface area contributed by atoms with E-state index >= 15 is 0 Å². The molecule has 3 saturated carbocycles. The fourth-order valence-electron chi connectivity index (χ4n) is 7.88. The molecule has 9 nitrogen and oxygen atoms in total. The normalized spacial score (nSPS) is 21.0. The highest BCUT2D eigenvalue weighted by Gasteiger charge is 2.53. The van der Waals surface area contributed by atoms with E-state index in [1.165, 1.54) is 32.1 Å². The lowest BCUT2D eigenvalue weighted by Crippen LogP contribution is -2.66. The monoisotopic (exact) mass is 657 g/mol. The Labute approximate surface area is 286 Å². The molecular formula is C40H43N5O4. The molecule has 5 heterocycles. The van der Waals surface area contributed by atoms with E-state index in [0.717, 1.165) is 70.7 Å². The minimum atomic E-state index is 0. The van der Waals surface area contributed by atoms with Crippen LogP contribution in [-0.4, -0.2) is 54.3 Å². The van der Waals surface area contributed by atoms with Crippen LogP contribution in [-0.2, 0) is 0 Å².